The van der Waals surface area contributed by atoms with Crippen LogP contribution < -0.4 is 0 Å². The van der Waals surface area contributed by atoms with Crippen molar-refractivity contribution < 1.29 is 18.9 Å². The molecule has 0 rings (SSSR count). The topological polar surface area (TPSA) is 36.9 Å². The lowest BCUT2D eigenvalue weighted by Crippen LogP contribution is -2.44. The van der Waals surface area contributed by atoms with Crippen LogP contribution in [-0.4, -0.2) is 67.8 Å². The Morgan fingerprint density at radius 2 is 0.889 bits per heavy atom. The second-order valence-electron chi connectivity index (χ2n) is 6.51. The fraction of sp³-hybridized carbons (Fsp3) is 1.00. The van der Waals surface area contributed by atoms with E-state index in [-0.39, 0.29) is 10.8 Å². The fourth-order valence-electron chi connectivity index (χ4n) is 2.28. The zero-order chi connectivity index (χ0) is 20.4. The van der Waals surface area contributed by atoms with Crippen LogP contribution in [0.2, 0.25) is 13.1 Å². The Kier molecular flexibility index (Phi) is 19.0. The Balaban J connectivity index is 4.51. The molecule has 0 aromatic carbocycles. The maximum Gasteiger partial charge on any atom is 0.154 e. The van der Waals surface area contributed by atoms with Crippen molar-refractivity contribution in [2.45, 2.75) is 77.3 Å². The second kappa shape index (κ2) is 18.1. The molecule has 0 aliphatic heterocycles. The van der Waals surface area contributed by atoms with E-state index in [1.807, 2.05) is 31.4 Å². The van der Waals surface area contributed by atoms with Crippen molar-refractivity contribution in [3.05, 3.63) is 0 Å². The molecule has 0 bridgehead atoms. The van der Waals surface area contributed by atoms with Gasteiger partial charge in [0.1, 0.15) is 0 Å². The van der Waals surface area contributed by atoms with Crippen LogP contribution in [-0.2, 0) is 18.9 Å². The third-order valence-corrected chi connectivity index (χ3v) is 12.5. The summed E-state index contributed by atoms with van der Waals surface area (Å²) >= 11 is 0. The van der Waals surface area contributed by atoms with E-state index in [2.05, 4.69) is 40.8 Å². The third-order valence-electron chi connectivity index (χ3n) is 4.01. The Hall–Kier alpha value is 1.32. The van der Waals surface area contributed by atoms with Gasteiger partial charge in [-0.15, -0.1) is 0 Å². The molecule has 0 saturated heterocycles. The van der Waals surface area contributed by atoms with E-state index in [1.54, 1.807) is 0 Å². The molecule has 0 aromatic heterocycles. The summed E-state index contributed by atoms with van der Waals surface area (Å²) in [6, 6.07) is 0. The standard InChI is InChI=1S/C18H42O4S3Si2/c1-7-11-19-17(26-5,20-12-8-2)15-23-25-24-16-18(27-6,21-13-9-3)22-14-10-4/h7-16,26-27H2,1-6H3. The first kappa shape index (κ1) is 28.3. The van der Waals surface area contributed by atoms with Crippen LogP contribution in [0.3, 0.4) is 0 Å². The third kappa shape index (κ3) is 12.6. The summed E-state index contributed by atoms with van der Waals surface area (Å²) in [5, 5.41) is 0. The molecule has 9 heteroatoms. The predicted octanol–water partition coefficient (Wildman–Crippen LogP) is 4.46. The maximum absolute atomic E-state index is 6.16. The van der Waals surface area contributed by atoms with Gasteiger partial charge in [-0.3, -0.25) is 0 Å². The molecule has 0 aliphatic rings. The average Bonchev–Trinajstić information content (AvgIpc) is 2.71. The summed E-state index contributed by atoms with van der Waals surface area (Å²) < 4.78 is 24.6. The highest BCUT2D eigenvalue weighted by molar-refractivity contribution is 9.09. The van der Waals surface area contributed by atoms with Gasteiger partial charge in [0.25, 0.3) is 0 Å². The monoisotopic (exact) mass is 474 g/mol. The molecule has 0 atom stereocenters. The van der Waals surface area contributed by atoms with Gasteiger partial charge in [0.2, 0.25) is 0 Å². The van der Waals surface area contributed by atoms with Crippen LogP contribution in [0.4, 0.5) is 0 Å². The van der Waals surface area contributed by atoms with Crippen LogP contribution >= 0.6 is 31.4 Å². The van der Waals surface area contributed by atoms with Crippen molar-refractivity contribution in [1.82, 2.24) is 0 Å². The Morgan fingerprint density at radius 1 is 0.593 bits per heavy atom. The van der Waals surface area contributed by atoms with Gasteiger partial charge in [-0.2, -0.15) is 0 Å². The molecule has 0 unspecified atom stereocenters. The minimum Gasteiger partial charge on any atom is -0.354 e. The van der Waals surface area contributed by atoms with Crippen molar-refractivity contribution in [3.8, 4) is 0 Å². The van der Waals surface area contributed by atoms with E-state index in [9.17, 15) is 0 Å². The van der Waals surface area contributed by atoms with E-state index >= 15 is 0 Å². The molecule has 0 fully saturated rings. The minimum absolute atomic E-state index is 0.321. The molecular weight excluding hydrogens is 433 g/mol. The highest BCUT2D eigenvalue weighted by Gasteiger charge is 2.32. The maximum atomic E-state index is 6.16. The number of rotatable bonds is 20. The molecule has 0 radical (unpaired) electrons. The SMILES string of the molecule is CCCOC(CSSSCC(OCCC)(OCCC)[SiH2]C)(OCCC)[SiH2]C. The van der Waals surface area contributed by atoms with Crippen LogP contribution in [0, 0.1) is 0 Å². The van der Waals surface area contributed by atoms with Gasteiger partial charge < -0.3 is 18.9 Å². The van der Waals surface area contributed by atoms with Crippen LogP contribution in [0.1, 0.15) is 53.4 Å². The van der Waals surface area contributed by atoms with E-state index < -0.39 is 19.0 Å². The normalized spacial score (nSPS) is 13.6. The van der Waals surface area contributed by atoms with Crippen molar-refractivity contribution in [2.75, 3.05) is 37.9 Å². The first-order valence-corrected chi connectivity index (χ1v) is 18.6. The molecular formula is C18H42O4S3Si2. The average molecular weight is 475 g/mol. The molecule has 164 valence electrons. The minimum atomic E-state index is -0.439. The molecule has 4 nitrogen and oxygen atoms in total. The van der Waals surface area contributed by atoms with Crippen molar-refractivity contribution in [2.24, 2.45) is 0 Å². The van der Waals surface area contributed by atoms with Gasteiger partial charge >= 0.3 is 0 Å². The van der Waals surface area contributed by atoms with Gasteiger partial charge in [0, 0.05) is 26.4 Å². The predicted molar refractivity (Wildman–Crippen MR) is 132 cm³/mol. The molecule has 0 amide bonds. The smallest absolute Gasteiger partial charge is 0.154 e. The van der Waals surface area contributed by atoms with Gasteiger partial charge in [-0.05, 0) is 35.5 Å². The van der Waals surface area contributed by atoms with Gasteiger partial charge in [-0.1, -0.05) is 62.4 Å². The lowest BCUT2D eigenvalue weighted by Gasteiger charge is -2.33. The number of hydrogen-bond acceptors (Lipinski definition) is 7. The van der Waals surface area contributed by atoms with Crippen molar-refractivity contribution >= 4 is 50.5 Å². The molecule has 0 aliphatic carbocycles. The van der Waals surface area contributed by atoms with Gasteiger partial charge in [0.05, 0.1) is 30.5 Å². The summed E-state index contributed by atoms with van der Waals surface area (Å²) in [6.45, 7) is 16.3. The highest BCUT2D eigenvalue weighted by atomic mass is 33.5. The summed E-state index contributed by atoms with van der Waals surface area (Å²) in [5.74, 6) is 1.80. The quantitative estimate of drug-likeness (QED) is 0.112. The Bertz CT molecular complexity index is 296. The molecule has 0 heterocycles. The van der Waals surface area contributed by atoms with Crippen molar-refractivity contribution in [3.63, 3.8) is 0 Å². The molecule has 27 heavy (non-hydrogen) atoms. The largest absolute Gasteiger partial charge is 0.354 e. The van der Waals surface area contributed by atoms with Crippen LogP contribution in [0.25, 0.3) is 0 Å². The van der Waals surface area contributed by atoms with E-state index in [0.29, 0.717) is 0 Å². The zero-order valence-corrected chi connectivity index (χ0v) is 23.6. The summed E-state index contributed by atoms with van der Waals surface area (Å²) in [6.07, 6.45) is 4.13. The Labute approximate surface area is 184 Å². The van der Waals surface area contributed by atoms with Crippen LogP contribution in [0.5, 0.6) is 0 Å². The fourth-order valence-corrected chi connectivity index (χ4v) is 10.7. The van der Waals surface area contributed by atoms with Crippen molar-refractivity contribution in [1.29, 1.82) is 0 Å². The van der Waals surface area contributed by atoms with E-state index in [4.69, 9.17) is 18.9 Å². The lowest BCUT2D eigenvalue weighted by atomic mass is 10.5. The zero-order valence-electron chi connectivity index (χ0n) is 18.3. The van der Waals surface area contributed by atoms with Gasteiger partial charge in [0.15, 0.2) is 10.8 Å². The summed E-state index contributed by atoms with van der Waals surface area (Å²) in [7, 11) is 4.66. The molecule has 0 saturated carbocycles. The number of hydrogen-bond donors (Lipinski definition) is 0. The first-order valence-electron chi connectivity index (χ1n) is 10.5. The Morgan fingerprint density at radius 3 is 1.11 bits per heavy atom. The molecule has 0 N–H and O–H groups in total. The molecule has 0 spiro atoms. The second-order valence-corrected chi connectivity index (χ2v) is 14.3. The van der Waals surface area contributed by atoms with E-state index in [0.717, 1.165) is 63.6 Å². The summed E-state index contributed by atoms with van der Waals surface area (Å²) in [4.78, 5) is 0. The molecule has 0 aromatic rings. The highest BCUT2D eigenvalue weighted by Crippen LogP contribution is 2.40. The summed E-state index contributed by atoms with van der Waals surface area (Å²) in [5.41, 5.74) is -0.642. The lowest BCUT2D eigenvalue weighted by molar-refractivity contribution is -0.165. The first-order chi connectivity index (χ1) is 13.1. The van der Waals surface area contributed by atoms with E-state index in [1.165, 1.54) is 0 Å². The van der Waals surface area contributed by atoms with Gasteiger partial charge in [-0.25, -0.2) is 0 Å². The number of ether oxygens (including phenoxy) is 4. The van der Waals surface area contributed by atoms with Crippen LogP contribution in [0.15, 0.2) is 0 Å².